The number of benzene rings is 2. The number of rotatable bonds is 3. The van der Waals surface area contributed by atoms with Gasteiger partial charge in [0.25, 0.3) is 5.91 Å². The SMILES string of the molecule is Cc1ccc(NC(=O)c2ccc(-c3cccc(Cl)c3)nc2)cc1C. The Morgan fingerprint density at radius 2 is 1.83 bits per heavy atom. The zero-order valence-corrected chi connectivity index (χ0v) is 14.3. The summed E-state index contributed by atoms with van der Waals surface area (Å²) in [6, 6.07) is 16.9. The van der Waals surface area contributed by atoms with Gasteiger partial charge in [-0.25, -0.2) is 0 Å². The van der Waals surface area contributed by atoms with E-state index in [2.05, 4.69) is 10.3 Å². The lowest BCUT2D eigenvalue weighted by atomic mass is 10.1. The van der Waals surface area contributed by atoms with Crippen LogP contribution in [-0.2, 0) is 0 Å². The number of aromatic nitrogens is 1. The lowest BCUT2D eigenvalue weighted by Crippen LogP contribution is -2.12. The molecule has 0 atom stereocenters. The van der Waals surface area contributed by atoms with Crippen LogP contribution in [0.25, 0.3) is 11.3 Å². The molecule has 1 N–H and O–H groups in total. The Labute approximate surface area is 146 Å². The van der Waals surface area contributed by atoms with Gasteiger partial charge in [0.1, 0.15) is 0 Å². The van der Waals surface area contributed by atoms with Crippen LogP contribution in [0.15, 0.2) is 60.8 Å². The topological polar surface area (TPSA) is 42.0 Å². The Hall–Kier alpha value is -2.65. The first kappa shape index (κ1) is 16.2. The van der Waals surface area contributed by atoms with Crippen molar-refractivity contribution in [3.8, 4) is 11.3 Å². The van der Waals surface area contributed by atoms with Gasteiger partial charge in [0.2, 0.25) is 0 Å². The van der Waals surface area contributed by atoms with Crippen molar-refractivity contribution in [2.24, 2.45) is 0 Å². The fourth-order valence-corrected chi connectivity index (χ4v) is 2.56. The second kappa shape index (κ2) is 6.85. The van der Waals surface area contributed by atoms with Crippen LogP contribution < -0.4 is 5.32 Å². The van der Waals surface area contributed by atoms with E-state index in [1.54, 1.807) is 12.3 Å². The fourth-order valence-electron chi connectivity index (χ4n) is 2.37. The number of carbonyl (C=O) groups is 1. The van der Waals surface area contributed by atoms with Crippen molar-refractivity contribution in [1.29, 1.82) is 0 Å². The van der Waals surface area contributed by atoms with Crippen molar-refractivity contribution < 1.29 is 4.79 Å². The van der Waals surface area contributed by atoms with Crippen LogP contribution in [0.2, 0.25) is 5.02 Å². The predicted octanol–water partition coefficient (Wildman–Crippen LogP) is 5.27. The van der Waals surface area contributed by atoms with Crippen molar-refractivity contribution in [2.75, 3.05) is 5.32 Å². The van der Waals surface area contributed by atoms with Gasteiger partial charge in [0, 0.05) is 22.5 Å². The lowest BCUT2D eigenvalue weighted by Gasteiger charge is -2.08. The van der Waals surface area contributed by atoms with E-state index >= 15 is 0 Å². The largest absolute Gasteiger partial charge is 0.322 e. The van der Waals surface area contributed by atoms with Crippen LogP contribution in [0, 0.1) is 13.8 Å². The molecular weight excluding hydrogens is 320 g/mol. The summed E-state index contributed by atoms with van der Waals surface area (Å²) in [6.07, 6.45) is 1.58. The maximum Gasteiger partial charge on any atom is 0.257 e. The van der Waals surface area contributed by atoms with Gasteiger partial charge in [-0.1, -0.05) is 29.8 Å². The molecule has 0 bridgehead atoms. The van der Waals surface area contributed by atoms with Crippen LogP contribution in [-0.4, -0.2) is 10.9 Å². The second-order valence-corrected chi connectivity index (χ2v) is 6.13. The summed E-state index contributed by atoms with van der Waals surface area (Å²) in [5.74, 6) is -0.177. The zero-order chi connectivity index (χ0) is 17.1. The minimum Gasteiger partial charge on any atom is -0.322 e. The zero-order valence-electron chi connectivity index (χ0n) is 13.5. The third kappa shape index (κ3) is 3.63. The van der Waals surface area contributed by atoms with Crippen LogP contribution >= 0.6 is 11.6 Å². The molecule has 24 heavy (non-hydrogen) atoms. The lowest BCUT2D eigenvalue weighted by molar-refractivity contribution is 0.102. The normalized spacial score (nSPS) is 10.5. The summed E-state index contributed by atoms with van der Waals surface area (Å²) in [5, 5.41) is 3.55. The number of hydrogen-bond acceptors (Lipinski definition) is 2. The molecular formula is C20H17ClN2O. The first-order valence-electron chi connectivity index (χ1n) is 7.63. The molecule has 0 unspecified atom stereocenters. The van der Waals surface area contributed by atoms with Crippen molar-refractivity contribution >= 4 is 23.2 Å². The van der Waals surface area contributed by atoms with E-state index < -0.39 is 0 Å². The molecule has 0 aliphatic heterocycles. The van der Waals surface area contributed by atoms with E-state index in [9.17, 15) is 4.79 Å². The molecule has 2 aromatic carbocycles. The van der Waals surface area contributed by atoms with Gasteiger partial charge in [-0.2, -0.15) is 0 Å². The number of nitrogens with zero attached hydrogens (tertiary/aromatic N) is 1. The highest BCUT2D eigenvalue weighted by molar-refractivity contribution is 6.30. The average molecular weight is 337 g/mol. The van der Waals surface area contributed by atoms with Crippen LogP contribution in [0.3, 0.4) is 0 Å². The van der Waals surface area contributed by atoms with Gasteiger partial charge in [0.05, 0.1) is 11.3 Å². The summed E-state index contributed by atoms with van der Waals surface area (Å²) in [4.78, 5) is 16.7. The summed E-state index contributed by atoms with van der Waals surface area (Å²) >= 11 is 6.00. The predicted molar refractivity (Wildman–Crippen MR) is 98.6 cm³/mol. The molecule has 120 valence electrons. The van der Waals surface area contributed by atoms with Gasteiger partial charge >= 0.3 is 0 Å². The van der Waals surface area contributed by atoms with E-state index in [0.717, 1.165) is 22.5 Å². The molecule has 3 rings (SSSR count). The fraction of sp³-hybridized carbons (Fsp3) is 0.100. The molecule has 0 fully saturated rings. The number of nitrogens with one attached hydrogen (secondary N) is 1. The molecule has 3 aromatic rings. The van der Waals surface area contributed by atoms with Crippen LogP contribution in [0.1, 0.15) is 21.5 Å². The third-order valence-corrected chi connectivity index (χ3v) is 4.15. The first-order valence-corrected chi connectivity index (χ1v) is 8.01. The molecule has 0 saturated heterocycles. The maximum atomic E-state index is 12.3. The van der Waals surface area contributed by atoms with E-state index in [1.165, 1.54) is 5.56 Å². The molecule has 1 heterocycles. The summed E-state index contributed by atoms with van der Waals surface area (Å²) in [5.41, 5.74) is 5.33. The number of carbonyl (C=O) groups excluding carboxylic acids is 1. The van der Waals surface area contributed by atoms with E-state index in [4.69, 9.17) is 11.6 Å². The second-order valence-electron chi connectivity index (χ2n) is 5.70. The summed E-state index contributed by atoms with van der Waals surface area (Å²) < 4.78 is 0. The molecule has 1 amide bonds. The summed E-state index contributed by atoms with van der Waals surface area (Å²) in [6.45, 7) is 4.06. The first-order chi connectivity index (χ1) is 11.5. The number of pyridine rings is 1. The van der Waals surface area contributed by atoms with E-state index in [1.807, 2.05) is 62.4 Å². The Balaban J connectivity index is 1.77. The molecule has 3 nitrogen and oxygen atoms in total. The number of anilines is 1. The Morgan fingerprint density at radius 3 is 2.50 bits per heavy atom. The quantitative estimate of drug-likeness (QED) is 0.707. The smallest absolute Gasteiger partial charge is 0.257 e. The van der Waals surface area contributed by atoms with E-state index in [0.29, 0.717) is 10.6 Å². The molecule has 0 aliphatic rings. The van der Waals surface area contributed by atoms with Crippen LogP contribution in [0.4, 0.5) is 5.69 Å². The van der Waals surface area contributed by atoms with Gasteiger partial charge in [0.15, 0.2) is 0 Å². The monoisotopic (exact) mass is 336 g/mol. The van der Waals surface area contributed by atoms with Crippen molar-refractivity contribution in [2.45, 2.75) is 13.8 Å². The number of hydrogen-bond donors (Lipinski definition) is 1. The third-order valence-electron chi connectivity index (χ3n) is 3.91. The standard InChI is InChI=1S/C20H17ClN2O/c1-13-6-8-18(10-14(13)2)23-20(24)16-7-9-19(22-12-16)15-4-3-5-17(21)11-15/h3-12H,1-2H3,(H,23,24). The minimum atomic E-state index is -0.177. The highest BCUT2D eigenvalue weighted by Crippen LogP contribution is 2.21. The summed E-state index contributed by atoms with van der Waals surface area (Å²) in [7, 11) is 0. The molecule has 0 spiro atoms. The Morgan fingerprint density at radius 1 is 1.00 bits per heavy atom. The van der Waals surface area contributed by atoms with Gasteiger partial charge in [-0.15, -0.1) is 0 Å². The van der Waals surface area contributed by atoms with Gasteiger partial charge in [-0.05, 0) is 61.4 Å². The molecule has 1 aromatic heterocycles. The van der Waals surface area contributed by atoms with E-state index in [-0.39, 0.29) is 5.91 Å². The van der Waals surface area contributed by atoms with Gasteiger partial charge < -0.3 is 5.32 Å². The van der Waals surface area contributed by atoms with Crippen molar-refractivity contribution in [3.05, 3.63) is 82.5 Å². The molecule has 0 aliphatic carbocycles. The molecule has 0 radical (unpaired) electrons. The number of halogens is 1. The van der Waals surface area contributed by atoms with Gasteiger partial charge in [-0.3, -0.25) is 9.78 Å². The van der Waals surface area contributed by atoms with Crippen molar-refractivity contribution in [1.82, 2.24) is 4.98 Å². The Bertz CT molecular complexity index is 888. The minimum absolute atomic E-state index is 0.177. The number of aryl methyl sites for hydroxylation is 2. The molecule has 4 heteroatoms. The average Bonchev–Trinajstić information content (AvgIpc) is 2.58. The maximum absolute atomic E-state index is 12.3. The van der Waals surface area contributed by atoms with Crippen LogP contribution in [0.5, 0.6) is 0 Å². The Kier molecular flexibility index (Phi) is 4.63. The molecule has 0 saturated carbocycles. The number of amides is 1. The highest BCUT2D eigenvalue weighted by atomic mass is 35.5. The van der Waals surface area contributed by atoms with Crippen molar-refractivity contribution in [3.63, 3.8) is 0 Å². The highest BCUT2D eigenvalue weighted by Gasteiger charge is 2.08.